The van der Waals surface area contributed by atoms with Gasteiger partial charge < -0.3 is 15.3 Å². The van der Waals surface area contributed by atoms with Crippen LogP contribution in [0.25, 0.3) is 0 Å². The van der Waals surface area contributed by atoms with E-state index in [1.807, 2.05) is 60.7 Å². The smallest absolute Gasteiger partial charge is 0.312 e. The molecule has 0 aliphatic heterocycles. The van der Waals surface area contributed by atoms with E-state index in [9.17, 15) is 9.59 Å². The van der Waals surface area contributed by atoms with Crippen molar-refractivity contribution in [2.45, 2.75) is 13.0 Å². The molecule has 0 spiro atoms. The maximum atomic E-state index is 12.3. The van der Waals surface area contributed by atoms with E-state index in [4.69, 9.17) is 5.11 Å². The Balaban J connectivity index is 1.87. The van der Waals surface area contributed by atoms with Gasteiger partial charge in [0.15, 0.2) is 0 Å². The monoisotopic (exact) mass is 326 g/mol. The van der Waals surface area contributed by atoms with Crippen LogP contribution in [0.4, 0.5) is 0 Å². The molecule has 24 heavy (non-hydrogen) atoms. The van der Waals surface area contributed by atoms with E-state index in [2.05, 4.69) is 5.32 Å². The minimum absolute atomic E-state index is 0.125. The lowest BCUT2D eigenvalue weighted by Gasteiger charge is -2.21. The Kier molecular flexibility index (Phi) is 6.98. The molecule has 0 saturated carbocycles. The van der Waals surface area contributed by atoms with Crippen molar-refractivity contribution in [1.82, 2.24) is 10.2 Å². The SMILES string of the molecule is O=C(NCCc1ccccc1)C(=O)N(CCO)Cc1ccccc1. The average Bonchev–Trinajstić information content (AvgIpc) is 2.62. The van der Waals surface area contributed by atoms with Crippen molar-refractivity contribution in [1.29, 1.82) is 0 Å². The standard InChI is InChI=1S/C19H22N2O3/c22-14-13-21(15-17-9-5-2-6-10-17)19(24)18(23)20-12-11-16-7-3-1-4-8-16/h1-10,22H,11-15H2,(H,20,23). The molecular formula is C19H22N2O3. The molecule has 0 atom stereocenters. The van der Waals surface area contributed by atoms with Crippen molar-refractivity contribution in [2.24, 2.45) is 0 Å². The number of benzene rings is 2. The van der Waals surface area contributed by atoms with Crippen LogP contribution in [0.5, 0.6) is 0 Å². The number of rotatable bonds is 7. The Hall–Kier alpha value is -2.66. The average molecular weight is 326 g/mol. The number of nitrogens with one attached hydrogen (secondary N) is 1. The largest absolute Gasteiger partial charge is 0.395 e. The fourth-order valence-corrected chi connectivity index (χ4v) is 2.36. The minimum Gasteiger partial charge on any atom is -0.395 e. The van der Waals surface area contributed by atoms with Crippen LogP contribution in [0, 0.1) is 0 Å². The molecule has 0 bridgehead atoms. The summed E-state index contributed by atoms with van der Waals surface area (Å²) in [5, 5.41) is 11.8. The molecule has 0 fully saturated rings. The van der Waals surface area contributed by atoms with Gasteiger partial charge >= 0.3 is 11.8 Å². The maximum Gasteiger partial charge on any atom is 0.312 e. The van der Waals surface area contributed by atoms with E-state index < -0.39 is 11.8 Å². The van der Waals surface area contributed by atoms with Crippen LogP contribution >= 0.6 is 0 Å². The van der Waals surface area contributed by atoms with Crippen molar-refractivity contribution in [3.63, 3.8) is 0 Å². The number of carbonyl (C=O) groups excluding carboxylic acids is 2. The van der Waals surface area contributed by atoms with Gasteiger partial charge in [-0.15, -0.1) is 0 Å². The molecule has 0 radical (unpaired) electrons. The molecule has 0 unspecified atom stereocenters. The van der Waals surface area contributed by atoms with Crippen molar-refractivity contribution in [3.8, 4) is 0 Å². The minimum atomic E-state index is -0.643. The molecule has 2 rings (SSSR count). The first-order valence-corrected chi connectivity index (χ1v) is 7.96. The summed E-state index contributed by atoms with van der Waals surface area (Å²) in [6, 6.07) is 19.1. The first-order valence-electron chi connectivity index (χ1n) is 7.96. The van der Waals surface area contributed by atoms with Crippen molar-refractivity contribution < 1.29 is 14.7 Å². The van der Waals surface area contributed by atoms with Crippen LogP contribution in [-0.4, -0.2) is 41.5 Å². The summed E-state index contributed by atoms with van der Waals surface area (Å²) in [5.41, 5.74) is 2.01. The number of hydrogen-bond donors (Lipinski definition) is 2. The van der Waals surface area contributed by atoms with E-state index in [0.29, 0.717) is 19.5 Å². The number of hydrogen-bond acceptors (Lipinski definition) is 3. The quantitative estimate of drug-likeness (QED) is 0.755. The number of aliphatic hydroxyl groups excluding tert-OH is 1. The zero-order chi connectivity index (χ0) is 17.2. The summed E-state index contributed by atoms with van der Waals surface area (Å²) in [6.45, 7) is 0.634. The Morgan fingerprint density at radius 1 is 0.917 bits per heavy atom. The summed E-state index contributed by atoms with van der Waals surface area (Å²) < 4.78 is 0. The van der Waals surface area contributed by atoms with Crippen LogP contribution in [0.1, 0.15) is 11.1 Å². The van der Waals surface area contributed by atoms with Crippen LogP contribution in [-0.2, 0) is 22.6 Å². The zero-order valence-electron chi connectivity index (χ0n) is 13.5. The molecule has 0 aliphatic rings. The molecule has 2 aromatic rings. The van der Waals surface area contributed by atoms with Gasteiger partial charge in [0.25, 0.3) is 0 Å². The van der Waals surface area contributed by atoms with Gasteiger partial charge in [0.05, 0.1) is 6.61 Å². The third-order valence-corrected chi connectivity index (χ3v) is 3.61. The molecular weight excluding hydrogens is 304 g/mol. The van der Waals surface area contributed by atoms with E-state index in [1.165, 1.54) is 4.90 Å². The highest BCUT2D eigenvalue weighted by atomic mass is 16.3. The second kappa shape index (κ2) is 9.47. The van der Waals surface area contributed by atoms with Gasteiger partial charge in [-0.2, -0.15) is 0 Å². The Bertz CT molecular complexity index is 644. The summed E-state index contributed by atoms with van der Waals surface area (Å²) >= 11 is 0. The first kappa shape index (κ1) is 17.7. The van der Waals surface area contributed by atoms with Gasteiger partial charge in [0.1, 0.15) is 0 Å². The highest BCUT2D eigenvalue weighted by Gasteiger charge is 2.21. The van der Waals surface area contributed by atoms with Gasteiger partial charge in [-0.25, -0.2) is 0 Å². The van der Waals surface area contributed by atoms with Crippen LogP contribution < -0.4 is 5.32 Å². The van der Waals surface area contributed by atoms with Crippen molar-refractivity contribution in [3.05, 3.63) is 71.8 Å². The number of nitrogens with zero attached hydrogens (tertiary/aromatic N) is 1. The molecule has 5 heteroatoms. The number of aliphatic hydroxyl groups is 1. The molecule has 0 aromatic heterocycles. The zero-order valence-corrected chi connectivity index (χ0v) is 13.5. The maximum absolute atomic E-state index is 12.3. The molecule has 5 nitrogen and oxygen atoms in total. The summed E-state index contributed by atoms with van der Waals surface area (Å²) in [5.74, 6) is -1.27. The third kappa shape index (κ3) is 5.52. The third-order valence-electron chi connectivity index (χ3n) is 3.61. The fraction of sp³-hybridized carbons (Fsp3) is 0.263. The Labute approximate surface area is 141 Å². The van der Waals surface area contributed by atoms with E-state index >= 15 is 0 Å². The van der Waals surface area contributed by atoms with Crippen molar-refractivity contribution >= 4 is 11.8 Å². The van der Waals surface area contributed by atoms with Gasteiger partial charge in [-0.3, -0.25) is 9.59 Å². The molecule has 0 aliphatic carbocycles. The lowest BCUT2D eigenvalue weighted by molar-refractivity contribution is -0.146. The highest BCUT2D eigenvalue weighted by Crippen LogP contribution is 2.05. The Morgan fingerprint density at radius 2 is 1.50 bits per heavy atom. The lowest BCUT2D eigenvalue weighted by atomic mass is 10.1. The Morgan fingerprint density at radius 3 is 2.08 bits per heavy atom. The molecule has 126 valence electrons. The van der Waals surface area contributed by atoms with Crippen LogP contribution in [0.15, 0.2) is 60.7 Å². The summed E-state index contributed by atoms with van der Waals surface area (Å²) in [4.78, 5) is 25.7. The van der Waals surface area contributed by atoms with Gasteiger partial charge in [-0.05, 0) is 17.5 Å². The van der Waals surface area contributed by atoms with Gasteiger partial charge in [-0.1, -0.05) is 60.7 Å². The second-order valence-corrected chi connectivity index (χ2v) is 5.43. The van der Waals surface area contributed by atoms with Crippen LogP contribution in [0.2, 0.25) is 0 Å². The van der Waals surface area contributed by atoms with Crippen molar-refractivity contribution in [2.75, 3.05) is 19.7 Å². The van der Waals surface area contributed by atoms with E-state index in [-0.39, 0.29) is 13.2 Å². The predicted molar refractivity (Wildman–Crippen MR) is 92.1 cm³/mol. The van der Waals surface area contributed by atoms with E-state index in [0.717, 1.165) is 11.1 Å². The van der Waals surface area contributed by atoms with Gasteiger partial charge in [0.2, 0.25) is 0 Å². The predicted octanol–water partition coefficient (Wildman–Crippen LogP) is 1.37. The molecule has 0 saturated heterocycles. The lowest BCUT2D eigenvalue weighted by Crippen LogP contribution is -2.44. The van der Waals surface area contributed by atoms with E-state index in [1.54, 1.807) is 0 Å². The molecule has 2 N–H and O–H groups in total. The molecule has 2 aromatic carbocycles. The normalized spacial score (nSPS) is 10.2. The number of amides is 2. The molecule has 0 heterocycles. The summed E-state index contributed by atoms with van der Waals surface area (Å²) in [7, 11) is 0. The number of carbonyl (C=O) groups is 2. The summed E-state index contributed by atoms with van der Waals surface area (Å²) in [6.07, 6.45) is 0.665. The highest BCUT2D eigenvalue weighted by molar-refractivity contribution is 6.34. The second-order valence-electron chi connectivity index (χ2n) is 5.43. The first-order chi connectivity index (χ1) is 11.7. The molecule has 2 amide bonds. The van der Waals surface area contributed by atoms with Crippen LogP contribution in [0.3, 0.4) is 0 Å². The fourth-order valence-electron chi connectivity index (χ4n) is 2.36. The van der Waals surface area contributed by atoms with Gasteiger partial charge in [0, 0.05) is 19.6 Å². The topological polar surface area (TPSA) is 69.6 Å².